The molecule has 0 atom stereocenters. The lowest BCUT2D eigenvalue weighted by atomic mass is 10.1. The Morgan fingerprint density at radius 3 is 2.53 bits per heavy atom. The summed E-state index contributed by atoms with van der Waals surface area (Å²) in [5.41, 5.74) is 0.0569. The van der Waals surface area contributed by atoms with Crippen molar-refractivity contribution in [2.45, 2.75) is 12.8 Å². The van der Waals surface area contributed by atoms with Gasteiger partial charge in [0.25, 0.3) is 5.91 Å². The van der Waals surface area contributed by atoms with Gasteiger partial charge in [0.2, 0.25) is 0 Å². The van der Waals surface area contributed by atoms with Crippen LogP contribution >= 0.6 is 0 Å². The molecule has 1 amide bonds. The summed E-state index contributed by atoms with van der Waals surface area (Å²) in [6, 6.07) is 8.27. The molecule has 0 bridgehead atoms. The fraction of sp³-hybridized carbons (Fsp3) is 0.227. The fourth-order valence-corrected chi connectivity index (χ4v) is 2.79. The number of oxazole rings is 1. The van der Waals surface area contributed by atoms with E-state index in [9.17, 15) is 18.4 Å². The zero-order valence-electron chi connectivity index (χ0n) is 17.3. The second kappa shape index (κ2) is 10.4. The number of anilines is 1. The highest BCUT2D eigenvalue weighted by Crippen LogP contribution is 2.29. The Kier molecular flexibility index (Phi) is 7.37. The third-order valence-electron chi connectivity index (χ3n) is 4.35. The Morgan fingerprint density at radius 1 is 1.09 bits per heavy atom. The minimum Gasteiger partial charge on any atom is -0.497 e. The van der Waals surface area contributed by atoms with Gasteiger partial charge in [-0.15, -0.1) is 0 Å². The van der Waals surface area contributed by atoms with E-state index in [1.165, 1.54) is 26.5 Å². The Balaban J connectivity index is 1.49. The molecule has 3 aromatic rings. The van der Waals surface area contributed by atoms with E-state index in [-0.39, 0.29) is 30.1 Å². The maximum atomic E-state index is 13.8. The molecule has 0 unspecified atom stereocenters. The largest absolute Gasteiger partial charge is 0.497 e. The van der Waals surface area contributed by atoms with Crippen molar-refractivity contribution in [2.24, 2.45) is 0 Å². The minimum absolute atomic E-state index is 0.0306. The van der Waals surface area contributed by atoms with E-state index in [2.05, 4.69) is 10.3 Å². The molecule has 0 aliphatic rings. The van der Waals surface area contributed by atoms with Crippen LogP contribution in [0.25, 0.3) is 11.3 Å². The number of hydrogen-bond acceptors (Lipinski definition) is 7. The molecule has 1 heterocycles. The Bertz CT molecular complexity index is 1100. The van der Waals surface area contributed by atoms with Gasteiger partial charge >= 0.3 is 5.97 Å². The van der Waals surface area contributed by atoms with Crippen molar-refractivity contribution >= 4 is 17.6 Å². The number of benzene rings is 2. The summed E-state index contributed by atoms with van der Waals surface area (Å²) in [6.45, 7) is -0.509. The highest BCUT2D eigenvalue weighted by molar-refractivity contribution is 5.94. The summed E-state index contributed by atoms with van der Waals surface area (Å²) in [7, 11) is 2.95. The summed E-state index contributed by atoms with van der Waals surface area (Å²) < 4.78 is 48.2. The van der Waals surface area contributed by atoms with Crippen LogP contribution in [0.1, 0.15) is 12.3 Å². The number of rotatable bonds is 9. The number of carbonyl (C=O) groups excluding carboxylic acids is 2. The zero-order valence-corrected chi connectivity index (χ0v) is 17.3. The standard InChI is InChI=1S/C22H20F2N2O6/c1-29-13-6-7-16(17(10-13)30-2)26-19(27)12-31-21(28)9-8-20-25-11-18(32-20)22-14(23)4-3-5-15(22)24/h3-7,10-11H,8-9,12H2,1-2H3,(H,26,27). The molecular formula is C22H20F2N2O6. The van der Waals surface area contributed by atoms with E-state index >= 15 is 0 Å². The molecule has 8 nitrogen and oxygen atoms in total. The van der Waals surface area contributed by atoms with Gasteiger partial charge in [0.1, 0.15) is 23.1 Å². The van der Waals surface area contributed by atoms with Gasteiger partial charge in [-0.25, -0.2) is 13.8 Å². The maximum absolute atomic E-state index is 13.8. The number of esters is 1. The first-order chi connectivity index (χ1) is 15.4. The Morgan fingerprint density at radius 2 is 1.84 bits per heavy atom. The van der Waals surface area contributed by atoms with Crippen molar-refractivity contribution in [1.82, 2.24) is 4.98 Å². The molecule has 1 N–H and O–H groups in total. The molecule has 0 aliphatic heterocycles. The molecule has 0 saturated heterocycles. The number of methoxy groups -OCH3 is 2. The van der Waals surface area contributed by atoms with Gasteiger partial charge in [0, 0.05) is 12.5 Å². The van der Waals surface area contributed by atoms with Gasteiger partial charge in [-0.2, -0.15) is 0 Å². The monoisotopic (exact) mass is 446 g/mol. The zero-order chi connectivity index (χ0) is 23.1. The van der Waals surface area contributed by atoms with Crippen molar-refractivity contribution in [2.75, 3.05) is 26.1 Å². The molecule has 2 aromatic carbocycles. The van der Waals surface area contributed by atoms with E-state index in [1.54, 1.807) is 18.2 Å². The minimum atomic E-state index is -0.786. The molecule has 0 aliphatic carbocycles. The van der Waals surface area contributed by atoms with Gasteiger partial charge in [0.05, 0.1) is 38.1 Å². The van der Waals surface area contributed by atoms with Crippen molar-refractivity contribution in [3.05, 3.63) is 60.1 Å². The number of aromatic nitrogens is 1. The predicted molar refractivity (Wildman–Crippen MR) is 109 cm³/mol. The molecule has 3 rings (SSSR count). The van der Waals surface area contributed by atoms with Crippen LogP contribution in [0.3, 0.4) is 0 Å². The molecule has 32 heavy (non-hydrogen) atoms. The molecular weight excluding hydrogens is 426 g/mol. The van der Waals surface area contributed by atoms with Crippen LogP contribution in [0.5, 0.6) is 11.5 Å². The van der Waals surface area contributed by atoms with Crippen LogP contribution in [0.15, 0.2) is 47.0 Å². The average molecular weight is 446 g/mol. The summed E-state index contributed by atoms with van der Waals surface area (Å²) in [5.74, 6) is -1.84. The van der Waals surface area contributed by atoms with E-state index in [0.29, 0.717) is 17.2 Å². The maximum Gasteiger partial charge on any atom is 0.306 e. The first-order valence-electron chi connectivity index (χ1n) is 9.48. The lowest BCUT2D eigenvalue weighted by Crippen LogP contribution is -2.21. The molecule has 0 spiro atoms. The molecule has 168 valence electrons. The average Bonchev–Trinajstić information content (AvgIpc) is 3.25. The van der Waals surface area contributed by atoms with Crippen LogP contribution in [0, 0.1) is 11.6 Å². The number of halogens is 2. The van der Waals surface area contributed by atoms with Crippen LogP contribution in [0.4, 0.5) is 14.5 Å². The van der Waals surface area contributed by atoms with Crippen molar-refractivity contribution in [3.63, 3.8) is 0 Å². The van der Waals surface area contributed by atoms with Gasteiger partial charge in [-0.1, -0.05) is 6.07 Å². The third-order valence-corrected chi connectivity index (χ3v) is 4.35. The number of ether oxygens (including phenoxy) is 3. The predicted octanol–water partition coefficient (Wildman–Crippen LogP) is 3.75. The van der Waals surface area contributed by atoms with Crippen LogP contribution in [0.2, 0.25) is 0 Å². The SMILES string of the molecule is COc1ccc(NC(=O)COC(=O)CCc2ncc(-c3c(F)cccc3F)o2)c(OC)c1. The van der Waals surface area contributed by atoms with Crippen LogP contribution < -0.4 is 14.8 Å². The molecule has 1 aromatic heterocycles. The third kappa shape index (κ3) is 5.60. The van der Waals surface area contributed by atoms with Crippen molar-refractivity contribution in [3.8, 4) is 22.8 Å². The lowest BCUT2D eigenvalue weighted by molar-refractivity contribution is -0.147. The quantitative estimate of drug-likeness (QED) is 0.500. The van der Waals surface area contributed by atoms with E-state index in [0.717, 1.165) is 12.1 Å². The van der Waals surface area contributed by atoms with Crippen molar-refractivity contribution in [1.29, 1.82) is 0 Å². The van der Waals surface area contributed by atoms with E-state index in [1.807, 2.05) is 0 Å². The molecule has 0 radical (unpaired) electrons. The number of hydrogen-bond donors (Lipinski definition) is 1. The molecule has 10 heteroatoms. The number of amides is 1. The van der Waals surface area contributed by atoms with Crippen molar-refractivity contribution < 1.29 is 37.0 Å². The van der Waals surface area contributed by atoms with Crippen LogP contribution in [-0.4, -0.2) is 37.7 Å². The summed E-state index contributed by atoms with van der Waals surface area (Å²) in [4.78, 5) is 27.9. The van der Waals surface area contributed by atoms with E-state index < -0.39 is 30.1 Å². The van der Waals surface area contributed by atoms with Crippen LogP contribution in [-0.2, 0) is 20.7 Å². The molecule has 0 saturated carbocycles. The number of aryl methyl sites for hydroxylation is 1. The number of nitrogens with zero attached hydrogens (tertiary/aromatic N) is 1. The Labute approximate surface area is 182 Å². The second-order valence-electron chi connectivity index (χ2n) is 6.49. The summed E-state index contributed by atoms with van der Waals surface area (Å²) in [5, 5.41) is 2.58. The smallest absolute Gasteiger partial charge is 0.306 e. The fourth-order valence-electron chi connectivity index (χ4n) is 2.79. The van der Waals surface area contributed by atoms with Gasteiger partial charge in [-0.05, 0) is 24.3 Å². The first kappa shape index (κ1) is 22.7. The molecule has 0 fully saturated rings. The highest BCUT2D eigenvalue weighted by atomic mass is 19.1. The topological polar surface area (TPSA) is 99.9 Å². The highest BCUT2D eigenvalue weighted by Gasteiger charge is 2.17. The Hall–Kier alpha value is -3.95. The lowest BCUT2D eigenvalue weighted by Gasteiger charge is -2.11. The summed E-state index contributed by atoms with van der Waals surface area (Å²) in [6.07, 6.45) is 1.07. The number of carbonyl (C=O) groups is 2. The van der Waals surface area contributed by atoms with E-state index in [4.69, 9.17) is 18.6 Å². The number of nitrogens with one attached hydrogen (secondary N) is 1. The van der Waals surface area contributed by atoms with Gasteiger partial charge in [0.15, 0.2) is 18.3 Å². The summed E-state index contributed by atoms with van der Waals surface area (Å²) >= 11 is 0. The normalized spacial score (nSPS) is 10.5. The second-order valence-corrected chi connectivity index (χ2v) is 6.49. The first-order valence-corrected chi connectivity index (χ1v) is 9.48. The van der Waals surface area contributed by atoms with Gasteiger partial charge in [-0.3, -0.25) is 9.59 Å². The van der Waals surface area contributed by atoms with Gasteiger partial charge < -0.3 is 23.9 Å².